The smallest absolute Gasteiger partial charge is 0.326 e. The Labute approximate surface area is 301 Å². The number of unbranched alkanes of at least 4 members (excludes halogenated alkanes) is 11. The summed E-state index contributed by atoms with van der Waals surface area (Å²) in [5.74, 6) is -1.31. The van der Waals surface area contributed by atoms with Crippen molar-refractivity contribution in [3.05, 3.63) is 5.82 Å². The van der Waals surface area contributed by atoms with Gasteiger partial charge in [-0.15, -0.1) is 5.10 Å². The van der Waals surface area contributed by atoms with Gasteiger partial charge in [0.1, 0.15) is 25.1 Å². The summed E-state index contributed by atoms with van der Waals surface area (Å²) >= 11 is 0. The molecule has 5 N–H and O–H groups in total. The number of tetrazole rings is 1. The summed E-state index contributed by atoms with van der Waals surface area (Å²) in [6.07, 6.45) is 14.7. The van der Waals surface area contributed by atoms with E-state index in [-0.39, 0.29) is 82.3 Å². The fourth-order valence-corrected chi connectivity index (χ4v) is 4.92. The molecule has 0 aliphatic rings. The zero-order valence-corrected chi connectivity index (χ0v) is 30.4. The number of Topliss-reactive ketones (excluding diaryl/α,β-unsaturated/α-hetero) is 1. The molecule has 0 aliphatic carbocycles. The Morgan fingerprint density at radius 1 is 0.647 bits per heavy atom. The van der Waals surface area contributed by atoms with Gasteiger partial charge < -0.3 is 40.0 Å². The van der Waals surface area contributed by atoms with E-state index >= 15 is 0 Å². The Morgan fingerprint density at radius 3 is 1.73 bits per heavy atom. The van der Waals surface area contributed by atoms with Crippen molar-refractivity contribution in [3.8, 4) is 0 Å². The highest BCUT2D eigenvalue weighted by atomic mass is 16.5. The third-order valence-electron chi connectivity index (χ3n) is 7.67. The SMILES string of the molecule is CC(=O)COCCOCCNC(=O)COCCOCCNC(=O)CC[C@H](NC(=O)CCCCCCCCCCCCCCc1nnn[nH]1)C(=O)O. The van der Waals surface area contributed by atoms with Crippen molar-refractivity contribution in [1.82, 2.24) is 36.6 Å². The normalized spacial score (nSPS) is 11.6. The number of nitrogens with zero attached hydrogens (tertiary/aromatic N) is 3. The van der Waals surface area contributed by atoms with Gasteiger partial charge in [-0.3, -0.25) is 19.2 Å². The van der Waals surface area contributed by atoms with Crippen LogP contribution in [0.5, 0.6) is 0 Å². The second-order valence-corrected chi connectivity index (χ2v) is 12.3. The number of hydrogen-bond acceptors (Lipinski definition) is 12. The second kappa shape index (κ2) is 32.4. The lowest BCUT2D eigenvalue weighted by Gasteiger charge is -2.14. The summed E-state index contributed by atoms with van der Waals surface area (Å²) in [4.78, 5) is 58.5. The lowest BCUT2D eigenvalue weighted by Crippen LogP contribution is -2.41. The number of amides is 3. The van der Waals surface area contributed by atoms with E-state index in [1.807, 2.05) is 0 Å². The summed E-state index contributed by atoms with van der Waals surface area (Å²) in [7, 11) is 0. The number of rotatable bonds is 36. The molecule has 17 heteroatoms. The molecule has 0 aliphatic heterocycles. The number of ketones is 1. The predicted octanol–water partition coefficient (Wildman–Crippen LogP) is 2.05. The number of aliphatic carboxylic acids is 1. The summed E-state index contributed by atoms with van der Waals surface area (Å²) in [5.41, 5.74) is 0. The van der Waals surface area contributed by atoms with Gasteiger partial charge in [0, 0.05) is 32.4 Å². The summed E-state index contributed by atoms with van der Waals surface area (Å²) in [6.45, 7) is 3.51. The molecule has 0 radical (unpaired) electrons. The Kier molecular flexibility index (Phi) is 28.9. The van der Waals surface area contributed by atoms with Crippen molar-refractivity contribution in [3.63, 3.8) is 0 Å². The van der Waals surface area contributed by atoms with Gasteiger partial charge in [-0.25, -0.2) is 9.89 Å². The van der Waals surface area contributed by atoms with Crippen LogP contribution in [0.15, 0.2) is 0 Å². The van der Waals surface area contributed by atoms with Crippen molar-refractivity contribution in [2.45, 2.75) is 116 Å². The van der Waals surface area contributed by atoms with Gasteiger partial charge in [0.2, 0.25) is 17.7 Å². The number of aromatic amines is 1. The van der Waals surface area contributed by atoms with Gasteiger partial charge in [-0.1, -0.05) is 64.2 Å². The first-order chi connectivity index (χ1) is 24.8. The zero-order valence-electron chi connectivity index (χ0n) is 30.4. The van der Waals surface area contributed by atoms with Crippen LogP contribution in [0.2, 0.25) is 0 Å². The van der Waals surface area contributed by atoms with Crippen LogP contribution in [0, 0.1) is 0 Å². The number of aryl methyl sites for hydroxylation is 1. The maximum atomic E-state index is 12.3. The molecule has 1 rings (SSSR count). The van der Waals surface area contributed by atoms with Crippen LogP contribution < -0.4 is 16.0 Å². The van der Waals surface area contributed by atoms with Crippen LogP contribution in [0.25, 0.3) is 0 Å². The maximum Gasteiger partial charge on any atom is 0.326 e. The highest BCUT2D eigenvalue weighted by Gasteiger charge is 2.20. The molecule has 0 unspecified atom stereocenters. The maximum absolute atomic E-state index is 12.3. The quantitative estimate of drug-likeness (QED) is 0.0624. The number of carbonyl (C=O) groups is 5. The van der Waals surface area contributed by atoms with Crippen molar-refractivity contribution in [2.75, 3.05) is 65.9 Å². The van der Waals surface area contributed by atoms with Gasteiger partial charge in [-0.05, 0) is 36.6 Å². The monoisotopic (exact) mass is 727 g/mol. The second-order valence-electron chi connectivity index (χ2n) is 12.3. The minimum Gasteiger partial charge on any atom is -0.480 e. The minimum absolute atomic E-state index is 0.00823. The average molecular weight is 728 g/mol. The lowest BCUT2D eigenvalue weighted by molar-refractivity contribution is -0.142. The van der Waals surface area contributed by atoms with Crippen LogP contribution in [-0.4, -0.2) is 127 Å². The number of hydrogen-bond donors (Lipinski definition) is 5. The minimum atomic E-state index is -1.17. The first-order valence-electron chi connectivity index (χ1n) is 18.4. The number of H-pyrrole nitrogens is 1. The van der Waals surface area contributed by atoms with Crippen LogP contribution >= 0.6 is 0 Å². The Morgan fingerprint density at radius 2 is 1.18 bits per heavy atom. The number of carboxylic acids is 1. The van der Waals surface area contributed by atoms with E-state index in [2.05, 4.69) is 36.6 Å². The molecule has 0 spiro atoms. The molecule has 1 aromatic heterocycles. The van der Waals surface area contributed by atoms with Crippen molar-refractivity contribution < 1.29 is 48.0 Å². The Hall–Kier alpha value is -3.54. The molecular weight excluding hydrogens is 666 g/mol. The lowest BCUT2D eigenvalue weighted by atomic mass is 10.0. The Bertz CT molecular complexity index is 1060. The first-order valence-corrected chi connectivity index (χ1v) is 18.4. The van der Waals surface area contributed by atoms with Gasteiger partial charge in [0.15, 0.2) is 5.78 Å². The molecule has 1 aromatic rings. The van der Waals surface area contributed by atoms with E-state index in [1.54, 1.807) is 0 Å². The molecule has 0 aromatic carbocycles. The summed E-state index contributed by atoms with van der Waals surface area (Å²) < 4.78 is 20.9. The molecular formula is C34H61N7O10. The van der Waals surface area contributed by atoms with E-state index in [9.17, 15) is 29.1 Å². The van der Waals surface area contributed by atoms with Gasteiger partial charge >= 0.3 is 5.97 Å². The Balaban J connectivity index is 1.91. The zero-order chi connectivity index (χ0) is 37.2. The fourth-order valence-electron chi connectivity index (χ4n) is 4.92. The highest BCUT2D eigenvalue weighted by molar-refractivity contribution is 5.84. The third-order valence-corrected chi connectivity index (χ3v) is 7.67. The van der Waals surface area contributed by atoms with Gasteiger partial charge in [0.25, 0.3) is 0 Å². The topological polar surface area (TPSA) is 233 Å². The number of carboxylic acid groups (broad SMARTS) is 1. The molecule has 1 atom stereocenters. The van der Waals surface area contributed by atoms with E-state index < -0.39 is 12.0 Å². The van der Waals surface area contributed by atoms with Gasteiger partial charge in [-0.2, -0.15) is 0 Å². The molecule has 3 amide bonds. The number of nitrogens with one attached hydrogen (secondary N) is 4. The molecule has 0 fully saturated rings. The molecule has 0 bridgehead atoms. The fraction of sp³-hybridized carbons (Fsp3) is 0.824. The third kappa shape index (κ3) is 29.9. The van der Waals surface area contributed by atoms with Crippen molar-refractivity contribution >= 4 is 29.5 Å². The largest absolute Gasteiger partial charge is 0.480 e. The van der Waals surface area contributed by atoms with Crippen molar-refractivity contribution in [2.24, 2.45) is 0 Å². The molecule has 51 heavy (non-hydrogen) atoms. The van der Waals surface area contributed by atoms with E-state index in [0.29, 0.717) is 32.8 Å². The molecule has 292 valence electrons. The number of ether oxygens (including phenoxy) is 4. The number of aromatic nitrogens is 4. The van der Waals surface area contributed by atoms with E-state index in [0.717, 1.165) is 37.9 Å². The standard InChI is InChI=1S/C34H61N7O10/c1-28(42)26-50-24-22-49-21-19-36-33(45)27-51-25-23-48-20-18-35-31(43)17-16-29(34(46)47)37-32(44)15-13-11-9-7-5-3-2-4-6-8-10-12-14-30-38-40-41-39-30/h29H,2-27H2,1H3,(H,35,43)(H,36,45)(H,37,44)(H,46,47)(H,38,39,40,41)/t29-/m0/s1. The average Bonchev–Trinajstić information content (AvgIpc) is 3.62. The van der Waals surface area contributed by atoms with Crippen LogP contribution in [0.3, 0.4) is 0 Å². The summed E-state index contributed by atoms with van der Waals surface area (Å²) in [6, 6.07) is -1.12. The molecule has 0 saturated heterocycles. The van der Waals surface area contributed by atoms with Crippen molar-refractivity contribution in [1.29, 1.82) is 0 Å². The van der Waals surface area contributed by atoms with Crippen LogP contribution in [0.4, 0.5) is 0 Å². The number of carbonyl (C=O) groups excluding carboxylic acids is 4. The molecule has 1 heterocycles. The van der Waals surface area contributed by atoms with Crippen LogP contribution in [0.1, 0.15) is 109 Å². The van der Waals surface area contributed by atoms with Crippen LogP contribution in [-0.2, 0) is 49.3 Å². The molecule has 0 saturated carbocycles. The first kappa shape index (κ1) is 45.5. The van der Waals surface area contributed by atoms with E-state index in [1.165, 1.54) is 51.9 Å². The van der Waals surface area contributed by atoms with E-state index in [4.69, 9.17) is 18.9 Å². The van der Waals surface area contributed by atoms with Gasteiger partial charge in [0.05, 0.1) is 39.6 Å². The predicted molar refractivity (Wildman–Crippen MR) is 187 cm³/mol. The highest BCUT2D eigenvalue weighted by Crippen LogP contribution is 2.13. The summed E-state index contributed by atoms with van der Waals surface area (Å²) in [5, 5.41) is 31.2. The molecule has 17 nitrogen and oxygen atoms in total.